The molecule has 176 valence electrons. The summed E-state index contributed by atoms with van der Waals surface area (Å²) in [6.45, 7) is 2.67. The molecule has 2 heterocycles. The van der Waals surface area contributed by atoms with E-state index in [-0.39, 0.29) is 23.7 Å². The number of carbonyl (C=O) groups excluding carboxylic acids is 1. The van der Waals surface area contributed by atoms with Gasteiger partial charge in [0.15, 0.2) is 0 Å². The molecule has 0 aliphatic carbocycles. The molecule has 0 saturated carbocycles. The molecule has 1 N–H and O–H groups in total. The van der Waals surface area contributed by atoms with E-state index < -0.39 is 0 Å². The van der Waals surface area contributed by atoms with Crippen LogP contribution in [0.1, 0.15) is 11.1 Å². The summed E-state index contributed by atoms with van der Waals surface area (Å²) >= 11 is 0. The number of carbonyl (C=O) groups is 1. The predicted molar refractivity (Wildman–Crippen MR) is 133 cm³/mol. The first-order chi connectivity index (χ1) is 16.6. The summed E-state index contributed by atoms with van der Waals surface area (Å²) in [4.78, 5) is 17.8. The molecule has 0 spiro atoms. The van der Waals surface area contributed by atoms with Gasteiger partial charge in [0.2, 0.25) is 5.91 Å². The van der Waals surface area contributed by atoms with Crippen molar-refractivity contribution in [1.29, 1.82) is 0 Å². The van der Waals surface area contributed by atoms with Gasteiger partial charge in [-0.1, -0.05) is 42.5 Å². The lowest BCUT2D eigenvalue weighted by molar-refractivity contribution is -0.125. The Bertz CT molecular complexity index is 1150. The number of para-hydroxylation sites is 2. The first-order valence-electron chi connectivity index (χ1n) is 11.9. The lowest BCUT2D eigenvalue weighted by Crippen LogP contribution is -2.61. The number of anilines is 2. The van der Waals surface area contributed by atoms with Gasteiger partial charge < -0.3 is 19.9 Å². The average molecular weight is 460 g/mol. The van der Waals surface area contributed by atoms with Crippen molar-refractivity contribution in [3.8, 4) is 5.75 Å². The van der Waals surface area contributed by atoms with Gasteiger partial charge >= 0.3 is 0 Å². The van der Waals surface area contributed by atoms with Crippen molar-refractivity contribution in [2.75, 3.05) is 43.1 Å². The van der Waals surface area contributed by atoms with Crippen LogP contribution in [0.25, 0.3) is 0 Å². The Morgan fingerprint density at radius 1 is 1.00 bits per heavy atom. The van der Waals surface area contributed by atoms with E-state index in [1.807, 2.05) is 48.5 Å². The summed E-state index contributed by atoms with van der Waals surface area (Å²) in [5.41, 5.74) is 4.16. The Hall–Kier alpha value is -3.54. The Labute approximate surface area is 200 Å². The number of piperazine rings is 1. The summed E-state index contributed by atoms with van der Waals surface area (Å²) < 4.78 is 19.7. The summed E-state index contributed by atoms with van der Waals surface area (Å²) in [6, 6.07) is 23.2. The molecule has 0 aromatic heterocycles. The molecule has 5 nitrogen and oxygen atoms in total. The third kappa shape index (κ3) is 4.45. The maximum atomic E-state index is 14.5. The number of nitrogens with one attached hydrogen (secondary N) is 1. The Balaban J connectivity index is 1.32. The minimum atomic E-state index is -0.215. The number of rotatable bonds is 6. The second-order valence-corrected chi connectivity index (χ2v) is 8.99. The molecule has 0 bridgehead atoms. The summed E-state index contributed by atoms with van der Waals surface area (Å²) in [7, 11) is 1.65. The second kappa shape index (κ2) is 9.75. The van der Waals surface area contributed by atoms with E-state index in [1.165, 1.54) is 17.3 Å². The number of amides is 1. The quantitative estimate of drug-likeness (QED) is 0.604. The number of hydrogen-bond donors (Lipinski definition) is 1. The maximum absolute atomic E-state index is 14.5. The van der Waals surface area contributed by atoms with E-state index in [4.69, 9.17) is 4.74 Å². The summed E-state index contributed by atoms with van der Waals surface area (Å²) in [5, 5.41) is 3.17. The van der Waals surface area contributed by atoms with Crippen LogP contribution in [0.2, 0.25) is 0 Å². The SMILES string of the molecule is COc1ccc(CCNC(=O)[C@@H]2Cc3ccccc3N3CCN(c4ccccc4F)C[C@@H]23)cc1. The van der Waals surface area contributed by atoms with Gasteiger partial charge in [-0.15, -0.1) is 0 Å². The predicted octanol–water partition coefficient (Wildman–Crippen LogP) is 4.06. The van der Waals surface area contributed by atoms with Gasteiger partial charge in [-0.2, -0.15) is 0 Å². The molecule has 0 unspecified atom stereocenters. The molecule has 3 aromatic carbocycles. The maximum Gasteiger partial charge on any atom is 0.225 e. The van der Waals surface area contributed by atoms with Gasteiger partial charge in [-0.05, 0) is 54.3 Å². The van der Waals surface area contributed by atoms with Crippen molar-refractivity contribution in [2.45, 2.75) is 18.9 Å². The van der Waals surface area contributed by atoms with Crippen LogP contribution in [0, 0.1) is 11.7 Å². The van der Waals surface area contributed by atoms with Crippen LogP contribution in [0.4, 0.5) is 15.8 Å². The summed E-state index contributed by atoms with van der Waals surface area (Å²) in [5.74, 6) is 0.479. The third-order valence-electron chi connectivity index (χ3n) is 7.03. The molecule has 2 atom stereocenters. The molecule has 0 radical (unpaired) electrons. The van der Waals surface area contributed by atoms with E-state index in [1.54, 1.807) is 13.2 Å². The zero-order valence-electron chi connectivity index (χ0n) is 19.4. The van der Waals surface area contributed by atoms with Crippen LogP contribution in [0.15, 0.2) is 72.8 Å². The van der Waals surface area contributed by atoms with Gasteiger partial charge in [0.05, 0.1) is 24.8 Å². The third-order valence-corrected chi connectivity index (χ3v) is 7.03. The average Bonchev–Trinajstić information content (AvgIpc) is 2.88. The first kappa shape index (κ1) is 22.3. The molecule has 3 aromatic rings. The van der Waals surface area contributed by atoms with E-state index in [2.05, 4.69) is 27.2 Å². The minimum Gasteiger partial charge on any atom is -0.497 e. The fourth-order valence-electron chi connectivity index (χ4n) is 5.24. The number of hydrogen-bond acceptors (Lipinski definition) is 4. The molecule has 34 heavy (non-hydrogen) atoms. The van der Waals surface area contributed by atoms with Crippen LogP contribution < -0.4 is 19.9 Å². The first-order valence-corrected chi connectivity index (χ1v) is 11.9. The largest absolute Gasteiger partial charge is 0.497 e. The molecule has 1 amide bonds. The van der Waals surface area contributed by atoms with E-state index >= 15 is 0 Å². The van der Waals surface area contributed by atoms with Crippen LogP contribution in [0.5, 0.6) is 5.75 Å². The van der Waals surface area contributed by atoms with Gasteiger partial charge in [0.1, 0.15) is 11.6 Å². The van der Waals surface area contributed by atoms with Crippen molar-refractivity contribution in [1.82, 2.24) is 5.32 Å². The van der Waals surface area contributed by atoms with Gasteiger partial charge in [-0.25, -0.2) is 4.39 Å². The van der Waals surface area contributed by atoms with E-state index in [9.17, 15) is 9.18 Å². The van der Waals surface area contributed by atoms with Crippen molar-refractivity contribution in [3.05, 3.63) is 89.7 Å². The summed E-state index contributed by atoms with van der Waals surface area (Å²) in [6.07, 6.45) is 1.45. The zero-order valence-corrected chi connectivity index (χ0v) is 19.4. The fraction of sp³-hybridized carbons (Fsp3) is 0.321. The van der Waals surface area contributed by atoms with Crippen LogP contribution >= 0.6 is 0 Å². The molecule has 5 rings (SSSR count). The standard InChI is InChI=1S/C28H30FN3O2/c1-34-22-12-10-20(11-13-22)14-15-30-28(33)23-18-21-6-2-4-8-25(21)32-17-16-31(19-27(23)32)26-9-5-3-7-24(26)29/h2-13,23,27H,14-19H2,1H3,(H,30,33)/t23-,27+/m1/s1. The Morgan fingerprint density at radius 2 is 1.74 bits per heavy atom. The molecule has 1 fully saturated rings. The smallest absolute Gasteiger partial charge is 0.225 e. The van der Waals surface area contributed by atoms with Crippen molar-refractivity contribution in [2.24, 2.45) is 5.92 Å². The van der Waals surface area contributed by atoms with Crippen LogP contribution in [-0.4, -0.2) is 45.2 Å². The molecular weight excluding hydrogens is 429 g/mol. The number of fused-ring (bicyclic) bond motifs is 3. The van der Waals surface area contributed by atoms with Crippen molar-refractivity contribution < 1.29 is 13.9 Å². The number of ether oxygens (including phenoxy) is 1. The Kier molecular flexibility index (Phi) is 6.39. The van der Waals surface area contributed by atoms with Crippen LogP contribution in [0.3, 0.4) is 0 Å². The topological polar surface area (TPSA) is 44.8 Å². The molecule has 2 aliphatic rings. The van der Waals surface area contributed by atoms with Gasteiger partial charge in [0, 0.05) is 31.9 Å². The normalized spacial score (nSPS) is 19.2. The van der Waals surface area contributed by atoms with Crippen LogP contribution in [-0.2, 0) is 17.6 Å². The molecule has 1 saturated heterocycles. The minimum absolute atomic E-state index is 0.00996. The Morgan fingerprint density at radius 3 is 2.50 bits per heavy atom. The lowest BCUT2D eigenvalue weighted by atomic mass is 9.83. The lowest BCUT2D eigenvalue weighted by Gasteiger charge is -2.49. The highest BCUT2D eigenvalue weighted by atomic mass is 19.1. The molecule has 2 aliphatic heterocycles. The highest BCUT2D eigenvalue weighted by Gasteiger charge is 2.41. The highest BCUT2D eigenvalue weighted by Crippen LogP contribution is 2.37. The second-order valence-electron chi connectivity index (χ2n) is 8.99. The van der Waals surface area contributed by atoms with E-state index in [0.29, 0.717) is 25.2 Å². The monoisotopic (exact) mass is 459 g/mol. The number of methoxy groups -OCH3 is 1. The van der Waals surface area contributed by atoms with Crippen molar-refractivity contribution >= 4 is 17.3 Å². The molecule has 6 heteroatoms. The molecular formula is C28H30FN3O2. The van der Waals surface area contributed by atoms with Gasteiger partial charge in [0.25, 0.3) is 0 Å². The number of nitrogens with zero attached hydrogens (tertiary/aromatic N) is 2. The highest BCUT2D eigenvalue weighted by molar-refractivity contribution is 5.82. The van der Waals surface area contributed by atoms with Gasteiger partial charge in [-0.3, -0.25) is 4.79 Å². The fourth-order valence-corrected chi connectivity index (χ4v) is 5.24. The number of halogens is 1. The number of benzene rings is 3. The van der Waals surface area contributed by atoms with E-state index in [0.717, 1.165) is 30.8 Å². The zero-order chi connectivity index (χ0) is 23.5. The van der Waals surface area contributed by atoms with Crippen molar-refractivity contribution in [3.63, 3.8) is 0 Å².